The number of hydrogen-bond acceptors (Lipinski definition) is 4. The van der Waals surface area contributed by atoms with Gasteiger partial charge >= 0.3 is 0 Å². The van der Waals surface area contributed by atoms with Gasteiger partial charge in [-0.15, -0.1) is 0 Å². The van der Waals surface area contributed by atoms with E-state index in [0.717, 1.165) is 30.8 Å². The number of nitrogens with one attached hydrogen (secondary N) is 1. The zero-order chi connectivity index (χ0) is 14.1. The number of benzene rings is 1. The second kappa shape index (κ2) is 5.17. The van der Waals surface area contributed by atoms with Crippen molar-refractivity contribution in [1.29, 1.82) is 0 Å². The Morgan fingerprint density at radius 2 is 2.30 bits per heavy atom. The molecule has 0 saturated heterocycles. The molecule has 0 bridgehead atoms. The fourth-order valence-electron chi connectivity index (χ4n) is 2.60. The minimum atomic E-state index is 0.164. The lowest BCUT2D eigenvalue weighted by Crippen LogP contribution is -2.26. The number of phenolic OH excluding ortho intramolecular Hbond substituents is 1. The molecule has 5 nitrogen and oxygen atoms in total. The second-order valence-electron chi connectivity index (χ2n) is 5.13. The standard InChI is InChI=1S/C15H19N3O2/c1-3-20-14-8-10(4-5-13(14)19)15-11-9-18(2)7-6-12(11)16-17-15/h4-5,8,19H,3,6-7,9H2,1-2H3,(H,16,17). The molecule has 0 amide bonds. The Morgan fingerprint density at radius 3 is 3.10 bits per heavy atom. The highest BCUT2D eigenvalue weighted by molar-refractivity contribution is 5.67. The van der Waals surface area contributed by atoms with Crippen LogP contribution in [0.1, 0.15) is 18.2 Å². The van der Waals surface area contributed by atoms with Crippen LogP contribution in [0.25, 0.3) is 11.3 Å². The Hall–Kier alpha value is -2.01. The first kappa shape index (κ1) is 13.0. The molecule has 2 aromatic rings. The van der Waals surface area contributed by atoms with Gasteiger partial charge in [-0.2, -0.15) is 5.10 Å². The third-order valence-corrected chi connectivity index (χ3v) is 3.66. The molecule has 0 aliphatic carbocycles. The van der Waals surface area contributed by atoms with Crippen molar-refractivity contribution in [2.75, 3.05) is 20.2 Å². The molecule has 0 fully saturated rings. The summed E-state index contributed by atoms with van der Waals surface area (Å²) in [5.41, 5.74) is 4.38. The number of ether oxygens (including phenoxy) is 1. The van der Waals surface area contributed by atoms with E-state index in [9.17, 15) is 5.11 Å². The topological polar surface area (TPSA) is 61.4 Å². The van der Waals surface area contributed by atoms with Crippen molar-refractivity contribution in [3.63, 3.8) is 0 Å². The first-order valence-electron chi connectivity index (χ1n) is 6.90. The molecule has 5 heteroatoms. The van der Waals surface area contributed by atoms with Gasteiger partial charge in [0.25, 0.3) is 0 Å². The van der Waals surface area contributed by atoms with Crippen LogP contribution in [0.3, 0.4) is 0 Å². The van der Waals surface area contributed by atoms with Crippen molar-refractivity contribution < 1.29 is 9.84 Å². The van der Waals surface area contributed by atoms with Crippen LogP contribution in [0.5, 0.6) is 11.5 Å². The second-order valence-corrected chi connectivity index (χ2v) is 5.13. The zero-order valence-corrected chi connectivity index (χ0v) is 11.8. The van der Waals surface area contributed by atoms with Crippen molar-refractivity contribution in [2.45, 2.75) is 19.9 Å². The number of fused-ring (bicyclic) bond motifs is 1. The quantitative estimate of drug-likeness (QED) is 0.899. The number of phenols is 1. The minimum Gasteiger partial charge on any atom is -0.504 e. The summed E-state index contributed by atoms with van der Waals surface area (Å²) in [6, 6.07) is 5.39. The van der Waals surface area contributed by atoms with Crippen LogP contribution in [0.4, 0.5) is 0 Å². The van der Waals surface area contributed by atoms with E-state index >= 15 is 0 Å². The maximum Gasteiger partial charge on any atom is 0.161 e. The van der Waals surface area contributed by atoms with Crippen molar-refractivity contribution in [1.82, 2.24) is 15.1 Å². The molecule has 106 valence electrons. The molecule has 2 heterocycles. The molecular formula is C15H19N3O2. The number of rotatable bonds is 3. The molecule has 0 saturated carbocycles. The number of aromatic amines is 1. The van der Waals surface area contributed by atoms with E-state index in [4.69, 9.17) is 4.74 Å². The molecule has 2 N–H and O–H groups in total. The number of aromatic hydroxyl groups is 1. The third-order valence-electron chi connectivity index (χ3n) is 3.66. The lowest BCUT2D eigenvalue weighted by molar-refractivity contribution is 0.312. The zero-order valence-electron chi connectivity index (χ0n) is 11.8. The van der Waals surface area contributed by atoms with Crippen LogP contribution in [-0.4, -0.2) is 40.4 Å². The number of hydrogen-bond donors (Lipinski definition) is 2. The van der Waals surface area contributed by atoms with E-state index in [2.05, 4.69) is 22.1 Å². The number of likely N-dealkylation sites (N-methyl/N-ethyl adjacent to an activating group) is 1. The molecule has 20 heavy (non-hydrogen) atoms. The highest BCUT2D eigenvalue weighted by atomic mass is 16.5. The van der Waals surface area contributed by atoms with E-state index in [1.165, 1.54) is 11.3 Å². The van der Waals surface area contributed by atoms with Gasteiger partial charge in [0.05, 0.1) is 12.3 Å². The van der Waals surface area contributed by atoms with Crippen molar-refractivity contribution in [3.05, 3.63) is 29.5 Å². The molecular weight excluding hydrogens is 254 g/mol. The summed E-state index contributed by atoms with van der Waals surface area (Å²) in [6.07, 6.45) is 0.995. The summed E-state index contributed by atoms with van der Waals surface area (Å²) in [7, 11) is 2.11. The maximum atomic E-state index is 9.78. The van der Waals surface area contributed by atoms with Crippen molar-refractivity contribution >= 4 is 0 Å². The van der Waals surface area contributed by atoms with Gasteiger partial charge in [-0.1, -0.05) is 0 Å². The minimum absolute atomic E-state index is 0.164. The Labute approximate surface area is 118 Å². The van der Waals surface area contributed by atoms with Gasteiger partial charge < -0.3 is 14.7 Å². The van der Waals surface area contributed by atoms with Gasteiger partial charge in [0.1, 0.15) is 0 Å². The van der Waals surface area contributed by atoms with Crippen LogP contribution in [0.15, 0.2) is 18.2 Å². The van der Waals surface area contributed by atoms with E-state index in [-0.39, 0.29) is 5.75 Å². The summed E-state index contributed by atoms with van der Waals surface area (Å²) in [6.45, 7) is 4.37. The lowest BCUT2D eigenvalue weighted by atomic mass is 10.0. The third kappa shape index (κ3) is 2.25. The van der Waals surface area contributed by atoms with Gasteiger partial charge in [-0.05, 0) is 32.2 Å². The van der Waals surface area contributed by atoms with Crippen LogP contribution in [0, 0.1) is 0 Å². The van der Waals surface area contributed by atoms with Crippen molar-refractivity contribution in [2.24, 2.45) is 0 Å². The average molecular weight is 273 g/mol. The predicted molar refractivity (Wildman–Crippen MR) is 76.9 cm³/mol. The molecule has 0 spiro atoms. The lowest BCUT2D eigenvalue weighted by Gasteiger charge is -2.22. The Balaban J connectivity index is 2.01. The fourth-order valence-corrected chi connectivity index (χ4v) is 2.60. The fraction of sp³-hybridized carbons (Fsp3) is 0.400. The molecule has 1 aromatic carbocycles. The van der Waals surface area contributed by atoms with Crippen LogP contribution in [0.2, 0.25) is 0 Å². The highest BCUT2D eigenvalue weighted by Crippen LogP contribution is 2.34. The predicted octanol–water partition coefficient (Wildman–Crippen LogP) is 2.17. The van der Waals surface area contributed by atoms with Crippen LogP contribution in [-0.2, 0) is 13.0 Å². The smallest absolute Gasteiger partial charge is 0.161 e. The van der Waals surface area contributed by atoms with E-state index < -0.39 is 0 Å². The van der Waals surface area contributed by atoms with E-state index in [1.54, 1.807) is 6.07 Å². The summed E-state index contributed by atoms with van der Waals surface area (Å²) >= 11 is 0. The first-order chi connectivity index (χ1) is 9.69. The van der Waals surface area contributed by atoms with Crippen LogP contribution < -0.4 is 4.74 Å². The van der Waals surface area contributed by atoms with Crippen LogP contribution >= 0.6 is 0 Å². The van der Waals surface area contributed by atoms with Gasteiger partial charge in [0, 0.05) is 36.3 Å². The summed E-state index contributed by atoms with van der Waals surface area (Å²) in [5.74, 6) is 0.669. The van der Waals surface area contributed by atoms with Gasteiger partial charge in [-0.3, -0.25) is 5.10 Å². The Morgan fingerprint density at radius 1 is 1.45 bits per heavy atom. The average Bonchev–Trinajstić information content (AvgIpc) is 2.84. The largest absolute Gasteiger partial charge is 0.504 e. The van der Waals surface area contributed by atoms with Gasteiger partial charge in [-0.25, -0.2) is 0 Å². The molecule has 0 radical (unpaired) electrons. The van der Waals surface area contributed by atoms with E-state index in [1.807, 2.05) is 19.1 Å². The Kier molecular flexibility index (Phi) is 3.36. The monoisotopic (exact) mass is 273 g/mol. The summed E-state index contributed by atoms with van der Waals surface area (Å²) in [5, 5.41) is 17.4. The number of H-pyrrole nitrogens is 1. The molecule has 0 unspecified atom stereocenters. The first-order valence-corrected chi connectivity index (χ1v) is 6.90. The van der Waals surface area contributed by atoms with Crippen molar-refractivity contribution in [3.8, 4) is 22.8 Å². The molecule has 3 rings (SSSR count). The number of aromatic nitrogens is 2. The van der Waals surface area contributed by atoms with Gasteiger partial charge in [0.2, 0.25) is 0 Å². The molecule has 1 aromatic heterocycles. The maximum absolute atomic E-state index is 9.78. The van der Waals surface area contributed by atoms with E-state index in [0.29, 0.717) is 12.4 Å². The number of nitrogens with zero attached hydrogens (tertiary/aromatic N) is 2. The normalized spacial score (nSPS) is 15.1. The summed E-state index contributed by atoms with van der Waals surface area (Å²) in [4.78, 5) is 2.28. The Bertz CT molecular complexity index is 622. The SMILES string of the molecule is CCOc1cc(-c2n[nH]c3c2CN(C)CC3)ccc1O. The molecule has 1 aliphatic rings. The molecule has 0 atom stereocenters. The summed E-state index contributed by atoms with van der Waals surface area (Å²) < 4.78 is 5.44. The highest BCUT2D eigenvalue weighted by Gasteiger charge is 2.21. The van der Waals surface area contributed by atoms with Gasteiger partial charge in [0.15, 0.2) is 11.5 Å². The molecule has 1 aliphatic heterocycles.